The number of para-hydroxylation sites is 1. The molecule has 1 heterocycles. The van der Waals surface area contributed by atoms with Crippen LogP contribution in [0, 0.1) is 12.7 Å². The summed E-state index contributed by atoms with van der Waals surface area (Å²) in [6.07, 6.45) is 0. The van der Waals surface area contributed by atoms with Gasteiger partial charge in [0.15, 0.2) is 0 Å². The Morgan fingerprint density at radius 3 is 2.67 bits per heavy atom. The fourth-order valence-electron chi connectivity index (χ4n) is 2.52. The van der Waals surface area contributed by atoms with E-state index >= 15 is 0 Å². The minimum atomic E-state index is -0.211. The van der Waals surface area contributed by atoms with Crippen molar-refractivity contribution in [3.8, 4) is 0 Å². The van der Waals surface area contributed by atoms with Gasteiger partial charge in [0.05, 0.1) is 5.52 Å². The van der Waals surface area contributed by atoms with E-state index < -0.39 is 0 Å². The maximum Gasteiger partial charge on any atom is 0.123 e. The number of rotatable bonds is 3. The van der Waals surface area contributed by atoms with Gasteiger partial charge in [-0.05, 0) is 43.7 Å². The Morgan fingerprint density at radius 1 is 1.05 bits per heavy atom. The van der Waals surface area contributed by atoms with Gasteiger partial charge in [0.1, 0.15) is 5.82 Å². The largest absolute Gasteiger partial charge is 0.378 e. The number of halogens is 1. The zero-order chi connectivity index (χ0) is 14.8. The SMILES string of the molecule is Cc1cc(NC(C)c2cccc(F)c2)c2ccccc2n1. The van der Waals surface area contributed by atoms with Gasteiger partial charge < -0.3 is 5.32 Å². The zero-order valence-corrected chi connectivity index (χ0v) is 12.1. The number of nitrogens with zero attached hydrogens (tertiary/aromatic N) is 1. The van der Waals surface area contributed by atoms with Crippen LogP contribution in [0.1, 0.15) is 24.2 Å². The summed E-state index contributed by atoms with van der Waals surface area (Å²) in [4.78, 5) is 4.53. The van der Waals surface area contributed by atoms with Crippen LogP contribution in [0.2, 0.25) is 0 Å². The number of fused-ring (bicyclic) bond motifs is 1. The Morgan fingerprint density at radius 2 is 1.86 bits per heavy atom. The van der Waals surface area contributed by atoms with Crippen LogP contribution in [-0.4, -0.2) is 4.98 Å². The summed E-state index contributed by atoms with van der Waals surface area (Å²) in [6, 6.07) is 16.8. The van der Waals surface area contributed by atoms with E-state index in [0.29, 0.717) is 0 Å². The summed E-state index contributed by atoms with van der Waals surface area (Å²) in [5.74, 6) is -0.211. The van der Waals surface area contributed by atoms with Crippen molar-refractivity contribution in [2.75, 3.05) is 5.32 Å². The fraction of sp³-hybridized carbons (Fsp3) is 0.167. The quantitative estimate of drug-likeness (QED) is 0.741. The Kier molecular flexibility index (Phi) is 3.57. The molecule has 1 atom stereocenters. The first-order chi connectivity index (χ1) is 10.1. The smallest absolute Gasteiger partial charge is 0.123 e. The van der Waals surface area contributed by atoms with Crippen LogP contribution in [0.3, 0.4) is 0 Å². The number of hydrogen-bond acceptors (Lipinski definition) is 2. The number of nitrogens with one attached hydrogen (secondary N) is 1. The second kappa shape index (κ2) is 5.52. The highest BCUT2D eigenvalue weighted by Gasteiger charge is 2.09. The molecule has 3 heteroatoms. The molecule has 0 aliphatic heterocycles. The highest BCUT2D eigenvalue weighted by atomic mass is 19.1. The molecule has 0 bridgehead atoms. The van der Waals surface area contributed by atoms with Crippen LogP contribution in [0.5, 0.6) is 0 Å². The Hall–Kier alpha value is -2.42. The van der Waals surface area contributed by atoms with E-state index in [0.717, 1.165) is 27.8 Å². The predicted octanol–water partition coefficient (Wildman–Crippen LogP) is 4.86. The first-order valence-electron chi connectivity index (χ1n) is 7.02. The van der Waals surface area contributed by atoms with Gasteiger partial charge in [-0.2, -0.15) is 0 Å². The molecule has 1 N–H and O–H groups in total. The molecule has 3 rings (SSSR count). The van der Waals surface area contributed by atoms with Crippen molar-refractivity contribution in [2.24, 2.45) is 0 Å². The molecule has 0 fully saturated rings. The maximum absolute atomic E-state index is 13.3. The molecule has 0 aliphatic carbocycles. The molecule has 1 unspecified atom stereocenters. The summed E-state index contributed by atoms with van der Waals surface area (Å²) < 4.78 is 13.3. The van der Waals surface area contributed by atoms with Gasteiger partial charge in [-0.1, -0.05) is 30.3 Å². The van der Waals surface area contributed by atoms with E-state index in [2.05, 4.69) is 10.3 Å². The molecule has 0 spiro atoms. The van der Waals surface area contributed by atoms with Gasteiger partial charge in [-0.15, -0.1) is 0 Å². The van der Waals surface area contributed by atoms with E-state index in [1.165, 1.54) is 6.07 Å². The third kappa shape index (κ3) is 2.87. The molecule has 2 nitrogen and oxygen atoms in total. The van der Waals surface area contributed by atoms with Crippen LogP contribution >= 0.6 is 0 Å². The number of hydrogen-bond donors (Lipinski definition) is 1. The van der Waals surface area contributed by atoms with Crippen LogP contribution in [0.25, 0.3) is 10.9 Å². The summed E-state index contributed by atoms with van der Waals surface area (Å²) in [5.41, 5.74) is 3.87. The molecule has 106 valence electrons. The normalized spacial score (nSPS) is 12.3. The lowest BCUT2D eigenvalue weighted by Crippen LogP contribution is -2.07. The van der Waals surface area contributed by atoms with Crippen molar-refractivity contribution < 1.29 is 4.39 Å². The second-order valence-electron chi connectivity index (χ2n) is 5.25. The molecule has 21 heavy (non-hydrogen) atoms. The van der Waals surface area contributed by atoms with Crippen molar-refractivity contribution >= 4 is 16.6 Å². The molecular weight excluding hydrogens is 263 g/mol. The Bertz CT molecular complexity index is 783. The number of pyridine rings is 1. The molecule has 0 saturated carbocycles. The molecule has 1 aromatic heterocycles. The van der Waals surface area contributed by atoms with Gasteiger partial charge in [0.2, 0.25) is 0 Å². The minimum Gasteiger partial charge on any atom is -0.378 e. The van der Waals surface area contributed by atoms with E-state index in [4.69, 9.17) is 0 Å². The monoisotopic (exact) mass is 280 g/mol. The molecule has 0 aliphatic rings. The van der Waals surface area contributed by atoms with Crippen molar-refractivity contribution in [3.63, 3.8) is 0 Å². The third-order valence-electron chi connectivity index (χ3n) is 3.56. The standard InChI is InChI=1S/C18H17FN2/c1-12-10-18(16-8-3-4-9-17(16)20-12)21-13(2)14-6-5-7-15(19)11-14/h3-11,13H,1-2H3,(H,20,21). The van der Waals surface area contributed by atoms with E-state index in [9.17, 15) is 4.39 Å². The van der Waals surface area contributed by atoms with E-state index in [-0.39, 0.29) is 11.9 Å². The lowest BCUT2D eigenvalue weighted by Gasteiger charge is -2.18. The van der Waals surface area contributed by atoms with Crippen LogP contribution < -0.4 is 5.32 Å². The highest BCUT2D eigenvalue weighted by molar-refractivity contribution is 5.91. The molecule has 0 amide bonds. The van der Waals surface area contributed by atoms with Gasteiger partial charge in [-0.3, -0.25) is 4.98 Å². The highest BCUT2D eigenvalue weighted by Crippen LogP contribution is 2.27. The molecule has 0 radical (unpaired) electrons. The molecule has 0 saturated heterocycles. The summed E-state index contributed by atoms with van der Waals surface area (Å²) in [7, 11) is 0. The first-order valence-corrected chi connectivity index (χ1v) is 7.02. The molecule has 3 aromatic rings. The second-order valence-corrected chi connectivity index (χ2v) is 5.25. The zero-order valence-electron chi connectivity index (χ0n) is 12.1. The lowest BCUT2D eigenvalue weighted by molar-refractivity contribution is 0.623. The average molecular weight is 280 g/mol. The van der Waals surface area contributed by atoms with Crippen molar-refractivity contribution in [3.05, 3.63) is 71.7 Å². The lowest BCUT2D eigenvalue weighted by atomic mass is 10.1. The number of benzene rings is 2. The first kappa shape index (κ1) is 13.6. The average Bonchev–Trinajstić information content (AvgIpc) is 2.47. The van der Waals surface area contributed by atoms with Gasteiger partial charge in [-0.25, -0.2) is 4.39 Å². The van der Waals surface area contributed by atoms with Crippen LogP contribution in [-0.2, 0) is 0 Å². The third-order valence-corrected chi connectivity index (χ3v) is 3.56. The van der Waals surface area contributed by atoms with Gasteiger partial charge in [0.25, 0.3) is 0 Å². The summed E-state index contributed by atoms with van der Waals surface area (Å²) in [5, 5.41) is 4.54. The van der Waals surface area contributed by atoms with Gasteiger partial charge >= 0.3 is 0 Å². The summed E-state index contributed by atoms with van der Waals surface area (Å²) in [6.45, 7) is 4.00. The Balaban J connectivity index is 1.98. The summed E-state index contributed by atoms with van der Waals surface area (Å²) >= 11 is 0. The maximum atomic E-state index is 13.3. The minimum absolute atomic E-state index is 0.0194. The van der Waals surface area contributed by atoms with E-state index in [1.807, 2.05) is 50.2 Å². The fourth-order valence-corrected chi connectivity index (χ4v) is 2.52. The number of anilines is 1. The van der Waals surface area contributed by atoms with E-state index in [1.54, 1.807) is 12.1 Å². The molecule has 2 aromatic carbocycles. The number of aromatic nitrogens is 1. The Labute approximate surface area is 123 Å². The van der Waals surface area contributed by atoms with Crippen molar-refractivity contribution in [1.29, 1.82) is 0 Å². The molecular formula is C18H17FN2. The predicted molar refractivity (Wildman–Crippen MR) is 84.9 cm³/mol. The van der Waals surface area contributed by atoms with Crippen LogP contribution in [0.15, 0.2) is 54.6 Å². The topological polar surface area (TPSA) is 24.9 Å². The van der Waals surface area contributed by atoms with Crippen LogP contribution in [0.4, 0.5) is 10.1 Å². The number of aryl methyl sites for hydroxylation is 1. The van der Waals surface area contributed by atoms with Crippen molar-refractivity contribution in [2.45, 2.75) is 19.9 Å². The van der Waals surface area contributed by atoms with Gasteiger partial charge in [0, 0.05) is 22.8 Å². The van der Waals surface area contributed by atoms with Crippen molar-refractivity contribution in [1.82, 2.24) is 4.98 Å².